The number of para-hydroxylation sites is 2. The monoisotopic (exact) mass is 509 g/mol. The van der Waals surface area contributed by atoms with Crippen molar-refractivity contribution in [1.82, 2.24) is 4.57 Å². The first-order chi connectivity index (χ1) is 18.0. The maximum atomic E-state index is 9.04. The fraction of sp³-hybridized carbons (Fsp3) is 0.500. The standard InChI is InChI=1S/C28H41N3.C2H2O4/c1-2-3-4-5-6-7-8-9-10-16-23-30-26-21-14-15-22-27(26)31(28(30)29)24-17-20-25-18-12-11-13-19-25;3-1(4)2(5)6/h11-15,18-19,21-22,29H,2-10,16-17,20,23-24H2,1H3;(H,3,4)(H,5,6). The van der Waals surface area contributed by atoms with Crippen LogP contribution in [-0.2, 0) is 29.1 Å². The van der Waals surface area contributed by atoms with Crippen molar-refractivity contribution in [2.24, 2.45) is 0 Å². The van der Waals surface area contributed by atoms with Crippen molar-refractivity contribution in [2.45, 2.75) is 97.1 Å². The van der Waals surface area contributed by atoms with Crippen molar-refractivity contribution < 1.29 is 24.4 Å². The minimum atomic E-state index is -2.07. The second-order valence-corrected chi connectivity index (χ2v) is 9.51. The summed E-state index contributed by atoms with van der Waals surface area (Å²) in [6.07, 6.45) is 15.8. The predicted molar refractivity (Wildman–Crippen MR) is 146 cm³/mol. The molecule has 0 aliphatic carbocycles. The van der Waals surface area contributed by atoms with E-state index in [0.29, 0.717) is 0 Å². The lowest BCUT2D eigenvalue weighted by Gasteiger charge is -2.04. The average Bonchev–Trinajstić information content (AvgIpc) is 3.17. The van der Waals surface area contributed by atoms with Gasteiger partial charge >= 0.3 is 11.9 Å². The van der Waals surface area contributed by atoms with E-state index in [1.807, 2.05) is 0 Å². The van der Waals surface area contributed by atoms with E-state index in [4.69, 9.17) is 25.5 Å². The van der Waals surface area contributed by atoms with Crippen LogP contribution in [0.3, 0.4) is 0 Å². The quantitative estimate of drug-likeness (QED) is 0.172. The molecule has 0 saturated carbocycles. The highest BCUT2D eigenvalue weighted by atomic mass is 16.4. The van der Waals surface area contributed by atoms with Crippen molar-refractivity contribution in [3.05, 3.63) is 60.2 Å². The van der Waals surface area contributed by atoms with E-state index in [2.05, 4.69) is 70.7 Å². The Bertz CT molecular complexity index is 1070. The van der Waals surface area contributed by atoms with Gasteiger partial charge in [0.15, 0.2) is 5.97 Å². The van der Waals surface area contributed by atoms with Gasteiger partial charge in [-0.3, -0.25) is 5.73 Å². The van der Waals surface area contributed by atoms with Crippen LogP contribution in [0.5, 0.6) is 0 Å². The summed E-state index contributed by atoms with van der Waals surface area (Å²) < 4.78 is 4.65. The number of carbonyl (C=O) groups is 2. The Kier molecular flexibility index (Phi) is 13.9. The van der Waals surface area contributed by atoms with Gasteiger partial charge in [0.05, 0.1) is 13.1 Å². The van der Waals surface area contributed by atoms with Crippen LogP contribution >= 0.6 is 0 Å². The molecule has 0 fully saturated rings. The summed E-state index contributed by atoms with van der Waals surface area (Å²) in [4.78, 5) is 18.0. The Hall–Kier alpha value is -3.35. The van der Waals surface area contributed by atoms with Gasteiger partial charge in [-0.2, -0.15) is 0 Å². The Morgan fingerprint density at radius 3 is 1.97 bits per heavy atom. The molecule has 2 aromatic carbocycles. The summed E-state index contributed by atoms with van der Waals surface area (Å²) in [6.45, 7) is 4.27. The number of hydrogen-bond acceptors (Lipinski definition) is 4. The Labute approximate surface area is 220 Å². The first-order valence-corrected chi connectivity index (χ1v) is 13.7. The normalized spacial score (nSPS) is 10.7. The molecule has 0 saturated heterocycles. The van der Waals surface area contributed by atoms with E-state index in [1.165, 1.54) is 80.8 Å². The number of benzene rings is 2. The van der Waals surface area contributed by atoms with Gasteiger partial charge in [0.1, 0.15) is 11.0 Å². The van der Waals surface area contributed by atoms with E-state index >= 15 is 0 Å². The molecule has 0 bridgehead atoms. The van der Waals surface area contributed by atoms with Crippen LogP contribution in [0.2, 0.25) is 0 Å². The third-order valence-electron chi connectivity index (χ3n) is 6.62. The molecule has 0 radical (unpaired) electrons. The summed E-state index contributed by atoms with van der Waals surface area (Å²) in [5.41, 5.74) is 10.6. The minimum Gasteiger partial charge on any atom is -0.539 e. The van der Waals surface area contributed by atoms with Crippen LogP contribution < -0.4 is 15.4 Å². The highest BCUT2D eigenvalue weighted by molar-refractivity contribution is 6.26. The molecule has 1 heterocycles. The maximum Gasteiger partial charge on any atom is 0.356 e. The summed E-state index contributed by atoms with van der Waals surface area (Å²) in [5.74, 6) is -3.10. The first kappa shape index (κ1) is 29.9. The van der Waals surface area contributed by atoms with Gasteiger partial charge in [-0.1, -0.05) is 107 Å². The third kappa shape index (κ3) is 10.7. The molecule has 0 atom stereocenters. The third-order valence-corrected chi connectivity index (χ3v) is 6.62. The van der Waals surface area contributed by atoms with Crippen molar-refractivity contribution in [1.29, 1.82) is 0 Å². The topological polar surface area (TPSA) is 112 Å². The molecule has 0 spiro atoms. The van der Waals surface area contributed by atoms with Gasteiger partial charge < -0.3 is 15.0 Å². The average molecular weight is 510 g/mol. The van der Waals surface area contributed by atoms with Crippen LogP contribution in [0, 0.1) is 0 Å². The molecule has 37 heavy (non-hydrogen) atoms. The zero-order chi connectivity index (χ0) is 26.9. The Morgan fingerprint density at radius 1 is 0.838 bits per heavy atom. The number of carbonyl (C=O) groups excluding carboxylic acids is 1. The molecule has 0 amide bonds. The number of carboxylic acids is 2. The van der Waals surface area contributed by atoms with Crippen LogP contribution in [0.25, 0.3) is 11.0 Å². The molecule has 202 valence electrons. The molecule has 3 rings (SSSR count). The summed E-state index contributed by atoms with van der Waals surface area (Å²) in [5, 5.41) is 16.3. The van der Waals surface area contributed by atoms with Gasteiger partial charge in [-0.15, -0.1) is 0 Å². The number of aromatic nitrogens is 2. The largest absolute Gasteiger partial charge is 0.539 e. The smallest absolute Gasteiger partial charge is 0.356 e. The summed E-state index contributed by atoms with van der Waals surface area (Å²) in [6, 6.07) is 19.4. The van der Waals surface area contributed by atoms with Crippen molar-refractivity contribution >= 4 is 28.9 Å². The van der Waals surface area contributed by atoms with Crippen molar-refractivity contribution in [2.75, 3.05) is 5.73 Å². The molecular weight excluding hydrogens is 466 g/mol. The number of fused-ring (bicyclic) bond motifs is 1. The number of aryl methyl sites for hydroxylation is 3. The number of rotatable bonds is 15. The number of aliphatic carboxylic acids is 2. The van der Waals surface area contributed by atoms with Crippen LogP contribution in [0.1, 0.15) is 83.1 Å². The summed E-state index contributed by atoms with van der Waals surface area (Å²) >= 11 is 0. The molecule has 7 nitrogen and oxygen atoms in total. The van der Waals surface area contributed by atoms with Gasteiger partial charge in [0.25, 0.3) is 0 Å². The molecule has 3 aromatic rings. The molecular formula is C30H43N3O4. The van der Waals surface area contributed by atoms with Crippen molar-refractivity contribution in [3.8, 4) is 0 Å². The predicted octanol–water partition coefficient (Wildman–Crippen LogP) is 4.89. The lowest BCUT2D eigenvalue weighted by atomic mass is 10.1. The number of anilines is 1. The van der Waals surface area contributed by atoms with E-state index in [0.717, 1.165) is 31.9 Å². The van der Waals surface area contributed by atoms with E-state index in [9.17, 15) is 0 Å². The van der Waals surface area contributed by atoms with Gasteiger partial charge in [-0.25, -0.2) is 13.9 Å². The van der Waals surface area contributed by atoms with Gasteiger partial charge in [0.2, 0.25) is 0 Å². The first-order valence-electron chi connectivity index (χ1n) is 13.7. The van der Waals surface area contributed by atoms with Crippen LogP contribution in [0.4, 0.5) is 5.95 Å². The SMILES string of the molecule is CCCCCCCCCCCCn1c(N)[n+](CCCc2ccccc2)c2ccccc21.O=C([O-])C(=O)O. The number of nitrogens with two attached hydrogens (primary N) is 1. The zero-order valence-corrected chi connectivity index (χ0v) is 22.2. The zero-order valence-electron chi connectivity index (χ0n) is 22.2. The Morgan fingerprint density at radius 2 is 1.38 bits per heavy atom. The number of imidazole rings is 1. The fourth-order valence-electron chi connectivity index (χ4n) is 4.63. The molecule has 0 unspecified atom stereocenters. The van der Waals surface area contributed by atoms with Crippen LogP contribution in [-0.4, -0.2) is 21.6 Å². The van der Waals surface area contributed by atoms with E-state index < -0.39 is 11.9 Å². The highest BCUT2D eigenvalue weighted by Crippen LogP contribution is 2.18. The molecule has 0 aliphatic rings. The molecule has 1 aromatic heterocycles. The van der Waals surface area contributed by atoms with Gasteiger partial charge in [0, 0.05) is 0 Å². The Balaban J connectivity index is 0.000000717. The number of hydrogen-bond donors (Lipinski definition) is 2. The molecule has 0 aliphatic heterocycles. The van der Waals surface area contributed by atoms with Crippen LogP contribution in [0.15, 0.2) is 54.6 Å². The van der Waals surface area contributed by atoms with Gasteiger partial charge in [-0.05, 0) is 37.0 Å². The summed E-state index contributed by atoms with van der Waals surface area (Å²) in [7, 11) is 0. The molecule has 7 heteroatoms. The van der Waals surface area contributed by atoms with Crippen molar-refractivity contribution in [3.63, 3.8) is 0 Å². The highest BCUT2D eigenvalue weighted by Gasteiger charge is 2.19. The second kappa shape index (κ2) is 17.2. The lowest BCUT2D eigenvalue weighted by molar-refractivity contribution is -0.657. The number of unbranched alkanes of at least 4 members (excludes halogenated alkanes) is 9. The number of carboxylic acid groups (broad SMARTS) is 2. The number of nitrogens with zero attached hydrogens (tertiary/aromatic N) is 2. The lowest BCUT2D eigenvalue weighted by Crippen LogP contribution is -2.37. The minimum absolute atomic E-state index is 0.908. The van der Waals surface area contributed by atoms with E-state index in [1.54, 1.807) is 0 Å². The molecule has 3 N–H and O–H groups in total. The fourth-order valence-corrected chi connectivity index (χ4v) is 4.63. The number of nitrogen functional groups attached to an aromatic ring is 1. The van der Waals surface area contributed by atoms with E-state index in [-0.39, 0.29) is 0 Å². The maximum absolute atomic E-state index is 9.04. The second-order valence-electron chi connectivity index (χ2n) is 9.51.